The summed E-state index contributed by atoms with van der Waals surface area (Å²) in [7, 11) is 1.61. The van der Waals surface area contributed by atoms with Crippen molar-refractivity contribution in [3.63, 3.8) is 0 Å². The molecule has 7 nitrogen and oxygen atoms in total. The molecule has 0 radical (unpaired) electrons. The van der Waals surface area contributed by atoms with Gasteiger partial charge in [0.05, 0.1) is 32.1 Å². The number of tetrazole rings is 1. The van der Waals surface area contributed by atoms with Gasteiger partial charge in [-0.2, -0.15) is 0 Å². The lowest BCUT2D eigenvalue weighted by molar-refractivity contribution is 0.0654. The van der Waals surface area contributed by atoms with Crippen molar-refractivity contribution in [2.24, 2.45) is 0 Å². The van der Waals surface area contributed by atoms with Gasteiger partial charge in [-0.15, -0.1) is 5.10 Å². The number of ether oxygens (including phenoxy) is 2. The topological polar surface area (TPSA) is 88.1 Å². The van der Waals surface area contributed by atoms with E-state index in [2.05, 4.69) is 15.5 Å². The fraction of sp³-hybridized carbons (Fsp3) is 0.417. The number of hydrogen-bond acceptors (Lipinski definition) is 6. The molecule has 0 aliphatic rings. The van der Waals surface area contributed by atoms with E-state index in [0.29, 0.717) is 37.8 Å². The third-order valence-corrected chi connectivity index (χ3v) is 2.67. The molecule has 2 N–H and O–H groups in total. The molecule has 108 valence electrons. The zero-order chi connectivity index (χ0) is 14.4. The Balaban J connectivity index is 2.02. The Morgan fingerprint density at radius 2 is 2.15 bits per heavy atom. The first-order valence-corrected chi connectivity index (χ1v) is 6.10. The summed E-state index contributed by atoms with van der Waals surface area (Å²) in [5, 5.41) is 11.4. The van der Waals surface area contributed by atoms with E-state index >= 15 is 0 Å². The Kier molecular flexibility index (Phi) is 4.97. The summed E-state index contributed by atoms with van der Waals surface area (Å²) in [6.07, 6.45) is 0. The summed E-state index contributed by atoms with van der Waals surface area (Å²) in [6.45, 7) is 2.00. The molecule has 0 saturated heterocycles. The van der Waals surface area contributed by atoms with Crippen molar-refractivity contribution < 1.29 is 13.9 Å². The minimum Gasteiger partial charge on any atom is -0.396 e. The van der Waals surface area contributed by atoms with E-state index in [0.717, 1.165) is 0 Å². The van der Waals surface area contributed by atoms with Gasteiger partial charge in [-0.05, 0) is 28.6 Å². The van der Waals surface area contributed by atoms with Crippen LogP contribution < -0.4 is 5.73 Å². The van der Waals surface area contributed by atoms with Crippen LogP contribution in [0.5, 0.6) is 0 Å². The number of anilines is 1. The van der Waals surface area contributed by atoms with Crippen LogP contribution in [-0.4, -0.2) is 47.1 Å². The highest BCUT2D eigenvalue weighted by Gasteiger charge is 2.10. The molecule has 0 aliphatic carbocycles. The number of aromatic nitrogens is 4. The van der Waals surface area contributed by atoms with E-state index in [1.807, 2.05) is 0 Å². The van der Waals surface area contributed by atoms with Gasteiger partial charge in [0.1, 0.15) is 5.82 Å². The van der Waals surface area contributed by atoms with E-state index in [1.54, 1.807) is 17.9 Å². The van der Waals surface area contributed by atoms with Gasteiger partial charge in [0.15, 0.2) is 5.82 Å². The van der Waals surface area contributed by atoms with Crippen molar-refractivity contribution in [1.82, 2.24) is 20.2 Å². The molecule has 0 atom stereocenters. The Bertz CT molecular complexity index is 561. The van der Waals surface area contributed by atoms with Gasteiger partial charge in [-0.1, -0.05) is 0 Å². The van der Waals surface area contributed by atoms with E-state index in [-0.39, 0.29) is 5.69 Å². The molecule has 0 spiro atoms. The molecule has 2 rings (SSSR count). The molecule has 0 saturated carbocycles. The zero-order valence-corrected chi connectivity index (χ0v) is 11.1. The van der Waals surface area contributed by atoms with Crippen LogP contribution in [0.2, 0.25) is 0 Å². The number of hydrogen-bond donors (Lipinski definition) is 1. The summed E-state index contributed by atoms with van der Waals surface area (Å²) in [4.78, 5) is 0. The first-order chi connectivity index (χ1) is 9.72. The zero-order valence-electron chi connectivity index (χ0n) is 11.1. The van der Waals surface area contributed by atoms with Crippen molar-refractivity contribution in [2.45, 2.75) is 6.54 Å². The molecule has 0 bridgehead atoms. The molecular formula is C12H16FN5O2. The lowest BCUT2D eigenvalue weighted by Crippen LogP contribution is -2.11. The van der Waals surface area contributed by atoms with Crippen LogP contribution in [0.3, 0.4) is 0 Å². The average Bonchev–Trinajstić information content (AvgIpc) is 2.90. The van der Waals surface area contributed by atoms with Crippen molar-refractivity contribution in [3.05, 3.63) is 24.0 Å². The Hall–Kier alpha value is -2.06. The van der Waals surface area contributed by atoms with E-state index in [4.69, 9.17) is 15.2 Å². The van der Waals surface area contributed by atoms with Gasteiger partial charge in [0.25, 0.3) is 0 Å². The van der Waals surface area contributed by atoms with Gasteiger partial charge < -0.3 is 15.2 Å². The summed E-state index contributed by atoms with van der Waals surface area (Å²) in [5.74, 6) is 0.0581. The smallest absolute Gasteiger partial charge is 0.182 e. The Labute approximate surface area is 115 Å². The molecule has 0 aliphatic heterocycles. The summed E-state index contributed by atoms with van der Waals surface area (Å²) >= 11 is 0. The van der Waals surface area contributed by atoms with Crippen LogP contribution in [0.1, 0.15) is 0 Å². The predicted molar refractivity (Wildman–Crippen MR) is 70.3 cm³/mol. The summed E-state index contributed by atoms with van der Waals surface area (Å²) in [6, 6.07) is 4.38. The molecular weight excluding hydrogens is 265 g/mol. The summed E-state index contributed by atoms with van der Waals surface area (Å²) < 4.78 is 25.0. The number of nitrogens with zero attached hydrogens (tertiary/aromatic N) is 4. The highest BCUT2D eigenvalue weighted by atomic mass is 19.1. The van der Waals surface area contributed by atoms with Gasteiger partial charge in [-0.3, -0.25) is 0 Å². The van der Waals surface area contributed by atoms with Crippen molar-refractivity contribution in [2.75, 3.05) is 32.7 Å². The minimum absolute atomic E-state index is 0.0633. The standard InChI is InChI=1S/C12H16FN5O2/c1-19-6-7-20-5-4-18-12(15-16-17-18)9-2-3-10(13)11(14)8-9/h2-3,8H,4-7,14H2,1H3. The van der Waals surface area contributed by atoms with Gasteiger partial charge in [0, 0.05) is 12.7 Å². The van der Waals surface area contributed by atoms with Crippen LogP contribution in [0.25, 0.3) is 11.4 Å². The normalized spacial score (nSPS) is 10.9. The van der Waals surface area contributed by atoms with Crippen LogP contribution in [0.4, 0.5) is 10.1 Å². The van der Waals surface area contributed by atoms with Gasteiger partial charge >= 0.3 is 0 Å². The van der Waals surface area contributed by atoms with E-state index < -0.39 is 5.82 Å². The average molecular weight is 281 g/mol. The number of nitrogens with two attached hydrogens (primary N) is 1. The fourth-order valence-electron chi connectivity index (χ4n) is 1.64. The second kappa shape index (κ2) is 6.92. The molecule has 1 heterocycles. The quantitative estimate of drug-likeness (QED) is 0.594. The largest absolute Gasteiger partial charge is 0.396 e. The number of nitrogen functional groups attached to an aromatic ring is 1. The second-order valence-electron chi connectivity index (χ2n) is 4.07. The van der Waals surface area contributed by atoms with Crippen molar-refractivity contribution in [1.29, 1.82) is 0 Å². The monoisotopic (exact) mass is 281 g/mol. The van der Waals surface area contributed by atoms with Crippen molar-refractivity contribution >= 4 is 5.69 Å². The molecule has 2 aromatic rings. The van der Waals surface area contributed by atoms with Crippen LogP contribution >= 0.6 is 0 Å². The Morgan fingerprint density at radius 3 is 2.90 bits per heavy atom. The second-order valence-corrected chi connectivity index (χ2v) is 4.07. The maximum Gasteiger partial charge on any atom is 0.182 e. The lowest BCUT2D eigenvalue weighted by atomic mass is 10.2. The van der Waals surface area contributed by atoms with E-state index in [9.17, 15) is 4.39 Å². The highest BCUT2D eigenvalue weighted by molar-refractivity contribution is 5.61. The molecule has 20 heavy (non-hydrogen) atoms. The minimum atomic E-state index is -0.462. The van der Waals surface area contributed by atoms with Crippen LogP contribution in [0, 0.1) is 5.82 Å². The van der Waals surface area contributed by atoms with E-state index in [1.165, 1.54) is 12.1 Å². The number of methoxy groups -OCH3 is 1. The molecule has 0 unspecified atom stereocenters. The third-order valence-electron chi connectivity index (χ3n) is 2.67. The SMILES string of the molecule is COCCOCCn1nnnc1-c1ccc(F)c(N)c1. The number of benzene rings is 1. The van der Waals surface area contributed by atoms with Gasteiger partial charge in [0.2, 0.25) is 0 Å². The molecule has 0 fully saturated rings. The maximum absolute atomic E-state index is 13.1. The first-order valence-electron chi connectivity index (χ1n) is 6.10. The third kappa shape index (κ3) is 3.49. The van der Waals surface area contributed by atoms with Crippen molar-refractivity contribution in [3.8, 4) is 11.4 Å². The first kappa shape index (κ1) is 14.4. The van der Waals surface area contributed by atoms with Crippen LogP contribution in [0.15, 0.2) is 18.2 Å². The van der Waals surface area contributed by atoms with Crippen LogP contribution in [-0.2, 0) is 16.0 Å². The highest BCUT2D eigenvalue weighted by Crippen LogP contribution is 2.20. The van der Waals surface area contributed by atoms with Gasteiger partial charge in [-0.25, -0.2) is 9.07 Å². The predicted octanol–water partition coefficient (Wildman–Crippen LogP) is 0.724. The summed E-state index contributed by atoms with van der Waals surface area (Å²) in [5.41, 5.74) is 6.26. The molecule has 8 heteroatoms. The lowest BCUT2D eigenvalue weighted by Gasteiger charge is -2.06. The molecule has 1 aromatic carbocycles. The fourth-order valence-corrected chi connectivity index (χ4v) is 1.64. The maximum atomic E-state index is 13.1. The Morgan fingerprint density at radius 1 is 1.30 bits per heavy atom. The number of rotatable bonds is 7. The molecule has 0 amide bonds. The number of halogens is 1. The molecule has 1 aromatic heterocycles.